The lowest BCUT2D eigenvalue weighted by atomic mass is 9.86. The highest BCUT2D eigenvalue weighted by atomic mass is 16.2. The highest BCUT2D eigenvalue weighted by Crippen LogP contribution is 2.35. The largest absolute Gasteiger partial charge is 0.335 e. The van der Waals surface area contributed by atoms with Crippen LogP contribution in [0.15, 0.2) is 17.3 Å². The quantitative estimate of drug-likeness (QED) is 0.847. The van der Waals surface area contributed by atoms with E-state index in [1.54, 1.807) is 11.7 Å². The fraction of sp³-hybridized carbons (Fsp3) is 0.667. The van der Waals surface area contributed by atoms with E-state index in [0.29, 0.717) is 23.1 Å². The molecule has 0 saturated heterocycles. The maximum absolute atomic E-state index is 13.0. The van der Waals surface area contributed by atoms with Gasteiger partial charge in [-0.2, -0.15) is 5.10 Å². The van der Waals surface area contributed by atoms with Crippen LogP contribution >= 0.6 is 0 Å². The zero-order chi connectivity index (χ0) is 17.6. The first-order valence-corrected chi connectivity index (χ1v) is 9.23. The predicted molar refractivity (Wildman–Crippen MR) is 94.1 cm³/mol. The number of aryl methyl sites for hydroxylation is 1. The van der Waals surface area contributed by atoms with Crippen molar-refractivity contribution >= 4 is 16.9 Å². The molecule has 2 heterocycles. The number of nitrogens with zero attached hydrogens (tertiary/aromatic N) is 5. The minimum atomic E-state index is -0.195. The van der Waals surface area contributed by atoms with E-state index in [-0.39, 0.29) is 18.0 Å². The molecule has 2 aliphatic carbocycles. The van der Waals surface area contributed by atoms with Gasteiger partial charge in [0, 0.05) is 19.1 Å². The van der Waals surface area contributed by atoms with Crippen molar-refractivity contribution in [1.29, 1.82) is 0 Å². The fourth-order valence-corrected chi connectivity index (χ4v) is 3.99. The molecule has 7 nitrogen and oxygen atoms in total. The Kier molecular flexibility index (Phi) is 4.09. The van der Waals surface area contributed by atoms with Gasteiger partial charge in [0.2, 0.25) is 5.91 Å². The Balaban J connectivity index is 1.55. The molecule has 134 valence electrons. The molecular formula is C18H25N5O2. The number of fused-ring (bicyclic) bond motifs is 1. The summed E-state index contributed by atoms with van der Waals surface area (Å²) < 4.78 is 3.00. The Labute approximate surface area is 146 Å². The van der Waals surface area contributed by atoms with Crippen LogP contribution in [0.25, 0.3) is 11.0 Å². The van der Waals surface area contributed by atoms with Gasteiger partial charge in [0.1, 0.15) is 18.3 Å². The Morgan fingerprint density at radius 2 is 1.84 bits per heavy atom. The Morgan fingerprint density at radius 1 is 1.20 bits per heavy atom. The molecular weight excluding hydrogens is 318 g/mol. The van der Waals surface area contributed by atoms with E-state index < -0.39 is 0 Å². The van der Waals surface area contributed by atoms with E-state index >= 15 is 0 Å². The zero-order valence-electron chi connectivity index (χ0n) is 14.9. The highest BCUT2D eigenvalue weighted by Gasteiger charge is 2.38. The number of amides is 1. The molecule has 2 aliphatic rings. The maximum Gasteiger partial charge on any atom is 0.264 e. The second-order valence-electron chi connectivity index (χ2n) is 7.63. The number of hydrogen-bond acceptors (Lipinski definition) is 4. The third kappa shape index (κ3) is 3.07. The average molecular weight is 343 g/mol. The smallest absolute Gasteiger partial charge is 0.264 e. The van der Waals surface area contributed by atoms with Crippen LogP contribution in [0.2, 0.25) is 0 Å². The lowest BCUT2D eigenvalue weighted by molar-refractivity contribution is -0.135. The van der Waals surface area contributed by atoms with E-state index in [9.17, 15) is 9.59 Å². The van der Waals surface area contributed by atoms with Crippen LogP contribution in [-0.2, 0) is 18.4 Å². The van der Waals surface area contributed by atoms with Gasteiger partial charge in [-0.15, -0.1) is 0 Å². The van der Waals surface area contributed by atoms with E-state index in [1.807, 2.05) is 0 Å². The first kappa shape index (κ1) is 16.3. The van der Waals surface area contributed by atoms with Crippen molar-refractivity contribution < 1.29 is 4.79 Å². The maximum atomic E-state index is 13.0. The molecule has 0 atom stereocenters. The number of carbonyl (C=O) groups is 1. The Bertz CT molecular complexity index is 843. The molecule has 25 heavy (non-hydrogen) atoms. The van der Waals surface area contributed by atoms with Gasteiger partial charge in [0.15, 0.2) is 5.65 Å². The summed E-state index contributed by atoms with van der Waals surface area (Å²) >= 11 is 0. The van der Waals surface area contributed by atoms with E-state index in [4.69, 9.17) is 0 Å². The van der Waals surface area contributed by atoms with Gasteiger partial charge in [0.25, 0.3) is 5.56 Å². The van der Waals surface area contributed by atoms with Crippen molar-refractivity contribution in [3.8, 4) is 0 Å². The molecule has 7 heteroatoms. The summed E-state index contributed by atoms with van der Waals surface area (Å²) in [7, 11) is 1.75. The van der Waals surface area contributed by atoms with Crippen LogP contribution in [0.4, 0.5) is 0 Å². The Hall–Kier alpha value is -2.18. The van der Waals surface area contributed by atoms with Crippen LogP contribution in [0.3, 0.4) is 0 Å². The molecule has 0 aliphatic heterocycles. The lowest BCUT2D eigenvalue weighted by Gasteiger charge is -2.36. The molecule has 2 saturated carbocycles. The van der Waals surface area contributed by atoms with Gasteiger partial charge in [-0.3, -0.25) is 18.8 Å². The van der Waals surface area contributed by atoms with Gasteiger partial charge >= 0.3 is 0 Å². The lowest BCUT2D eigenvalue weighted by Crippen LogP contribution is -2.46. The first-order chi connectivity index (χ1) is 12.0. The molecule has 2 aromatic heterocycles. The first-order valence-electron chi connectivity index (χ1n) is 9.23. The standard InChI is InChI=1S/C18H25N5O2/c1-12-3-5-13(6-4-12)23(14-7-8-14)16(24)10-22-11-19-17-15(18(22)25)9-20-21(17)2/h9,11-14H,3-8,10H2,1-2H3. The summed E-state index contributed by atoms with van der Waals surface area (Å²) in [6, 6.07) is 0.707. The second-order valence-corrected chi connectivity index (χ2v) is 7.63. The summed E-state index contributed by atoms with van der Waals surface area (Å²) in [5, 5.41) is 4.54. The third-order valence-corrected chi connectivity index (χ3v) is 5.63. The summed E-state index contributed by atoms with van der Waals surface area (Å²) in [4.78, 5) is 32.0. The van der Waals surface area contributed by atoms with Crippen LogP contribution in [-0.4, -0.2) is 42.2 Å². The summed E-state index contributed by atoms with van der Waals surface area (Å²) in [5.41, 5.74) is 0.355. The second kappa shape index (κ2) is 6.28. The molecule has 0 spiro atoms. The molecule has 2 aromatic rings. The predicted octanol–water partition coefficient (Wildman–Crippen LogP) is 1.70. The number of hydrogen-bond donors (Lipinski definition) is 0. The number of rotatable bonds is 4. The molecule has 1 amide bonds. The van der Waals surface area contributed by atoms with Crippen LogP contribution in [0.5, 0.6) is 0 Å². The summed E-state index contributed by atoms with van der Waals surface area (Å²) in [5.74, 6) is 0.807. The molecule has 2 fully saturated rings. The molecule has 0 N–H and O–H groups in total. The normalized spacial score (nSPS) is 23.8. The molecule has 0 aromatic carbocycles. The van der Waals surface area contributed by atoms with E-state index in [2.05, 4.69) is 21.9 Å². The number of carbonyl (C=O) groups excluding carboxylic acids is 1. The molecule has 0 bridgehead atoms. The van der Waals surface area contributed by atoms with Crippen molar-refractivity contribution in [2.75, 3.05) is 0 Å². The van der Waals surface area contributed by atoms with Gasteiger partial charge < -0.3 is 4.90 Å². The topological polar surface area (TPSA) is 73.0 Å². The van der Waals surface area contributed by atoms with Gasteiger partial charge in [0.05, 0.1) is 6.20 Å². The molecule has 4 rings (SSSR count). The van der Waals surface area contributed by atoms with Crippen molar-refractivity contribution in [1.82, 2.24) is 24.2 Å². The minimum Gasteiger partial charge on any atom is -0.335 e. The van der Waals surface area contributed by atoms with Gasteiger partial charge in [-0.05, 0) is 44.4 Å². The van der Waals surface area contributed by atoms with Crippen LogP contribution in [0.1, 0.15) is 45.4 Å². The fourth-order valence-electron chi connectivity index (χ4n) is 3.99. The van der Waals surface area contributed by atoms with Crippen molar-refractivity contribution in [3.05, 3.63) is 22.9 Å². The van der Waals surface area contributed by atoms with Gasteiger partial charge in [-0.25, -0.2) is 4.98 Å². The zero-order valence-corrected chi connectivity index (χ0v) is 14.9. The average Bonchev–Trinajstić information content (AvgIpc) is 3.35. The van der Waals surface area contributed by atoms with Gasteiger partial charge in [-0.1, -0.05) is 6.92 Å². The Morgan fingerprint density at radius 3 is 2.48 bits per heavy atom. The molecule has 0 unspecified atom stereocenters. The SMILES string of the molecule is CC1CCC(N(C(=O)Cn2cnc3c(cnn3C)c2=O)C2CC2)CC1. The number of aromatic nitrogens is 4. The van der Waals surface area contributed by atoms with E-state index in [1.165, 1.54) is 29.9 Å². The highest BCUT2D eigenvalue weighted by molar-refractivity contribution is 5.78. The van der Waals surface area contributed by atoms with Crippen LogP contribution < -0.4 is 5.56 Å². The summed E-state index contributed by atoms with van der Waals surface area (Å²) in [6.45, 7) is 2.35. The minimum absolute atomic E-state index is 0.0502. The van der Waals surface area contributed by atoms with Crippen molar-refractivity contribution in [3.63, 3.8) is 0 Å². The van der Waals surface area contributed by atoms with Crippen molar-refractivity contribution in [2.45, 2.75) is 64.1 Å². The van der Waals surface area contributed by atoms with E-state index in [0.717, 1.165) is 31.6 Å². The van der Waals surface area contributed by atoms with Crippen molar-refractivity contribution in [2.24, 2.45) is 13.0 Å². The summed E-state index contributed by atoms with van der Waals surface area (Å²) in [6.07, 6.45) is 9.70. The third-order valence-electron chi connectivity index (χ3n) is 5.63. The van der Waals surface area contributed by atoms with Crippen LogP contribution in [0, 0.1) is 5.92 Å². The molecule has 0 radical (unpaired) electrons. The monoisotopic (exact) mass is 343 g/mol.